The molecule has 0 unspecified atom stereocenters. The van der Waals surface area contributed by atoms with Crippen molar-refractivity contribution in [3.05, 3.63) is 7.43 Å². The maximum atomic E-state index is 8.62. The second kappa shape index (κ2) is 14.6. The van der Waals surface area contributed by atoms with E-state index in [1.54, 1.807) is 0 Å². The molecule has 0 aliphatic carbocycles. The molecule has 0 aromatic carbocycles. The monoisotopic (exact) mass is 776 g/mol. The first-order valence-corrected chi connectivity index (χ1v) is 16.6. The molecule has 0 heterocycles. The minimum atomic E-state index is -5.94. The Labute approximate surface area is 141 Å². The molecular formula is CI4O16. The molecule has 128 valence electrons. The summed E-state index contributed by atoms with van der Waals surface area (Å²) in [7, 11) is 0. The Bertz CT molecular complexity index is 130. The van der Waals surface area contributed by atoms with Gasteiger partial charge >= 0.3 is 7.43 Å². The molecule has 0 saturated heterocycles. The second-order valence-electron chi connectivity index (χ2n) is 1.51. The van der Waals surface area contributed by atoms with Crippen LogP contribution in [0.3, 0.4) is 0 Å². The molecule has 0 radical (unpaired) electrons. The molecule has 0 aliphatic rings. The topological polar surface area (TPSA) is 369 Å². The van der Waals surface area contributed by atoms with Gasteiger partial charge in [-0.1, -0.05) is 0 Å². The SMILES string of the molecule is [C+4].[O-][I+3]([O-])([O-])[O-].[O-][I+3]([O-])([O-])[O-].[O-][I+3]([O-])([O-])[O-].[O-][I+3]([O-])([O-])[O-]. The molecule has 0 amide bonds. The third kappa shape index (κ3) is 1760. The summed E-state index contributed by atoms with van der Waals surface area (Å²) in [6.07, 6.45) is 0. The van der Waals surface area contributed by atoms with Crippen LogP contribution in [0.15, 0.2) is 0 Å². The molecular weight excluding hydrogens is 776 g/mol. The summed E-state index contributed by atoms with van der Waals surface area (Å²) in [6, 6.07) is 0. The van der Waals surface area contributed by atoms with Gasteiger partial charge in [0, 0.05) is 0 Å². The first-order valence-electron chi connectivity index (χ1n) is 2.47. The predicted molar refractivity (Wildman–Crippen MR) is 3.24 cm³/mol. The van der Waals surface area contributed by atoms with Crippen LogP contribution in [0.2, 0.25) is 0 Å². The first-order chi connectivity index (χ1) is 8.00. The normalized spacial score (nSPS) is 11.4. The quantitative estimate of drug-likeness (QED) is 0.206. The van der Waals surface area contributed by atoms with E-state index in [1.807, 2.05) is 0 Å². The summed E-state index contributed by atoms with van der Waals surface area (Å²) in [5.74, 6) is 0. The van der Waals surface area contributed by atoms with E-state index < -0.39 is 80.4 Å². The molecule has 0 saturated carbocycles. The molecule has 0 rings (SSSR count). The van der Waals surface area contributed by atoms with Gasteiger partial charge in [0.05, 0.1) is 0 Å². The Kier molecular flexibility index (Phi) is 24.1. The van der Waals surface area contributed by atoms with Gasteiger partial charge in [-0.2, -0.15) is 0 Å². The van der Waals surface area contributed by atoms with Gasteiger partial charge in [0.1, 0.15) is 80.4 Å². The van der Waals surface area contributed by atoms with Crippen molar-refractivity contribution in [2.45, 2.75) is 0 Å². The van der Waals surface area contributed by atoms with Crippen LogP contribution in [-0.4, -0.2) is 0 Å². The van der Waals surface area contributed by atoms with Gasteiger partial charge in [-0.05, 0) is 0 Å². The molecule has 0 atom stereocenters. The van der Waals surface area contributed by atoms with Crippen LogP contribution in [0, 0.1) is 7.43 Å². The smallest absolute Gasteiger partial charge is 0.286 e. The number of rotatable bonds is 0. The van der Waals surface area contributed by atoms with Gasteiger partial charge in [0.2, 0.25) is 0 Å². The molecule has 0 fully saturated rings. The molecule has 0 aromatic rings. The van der Waals surface area contributed by atoms with E-state index >= 15 is 0 Å². The molecule has 21 heavy (non-hydrogen) atoms. The minimum absolute atomic E-state index is 0. The van der Waals surface area contributed by atoms with Gasteiger partial charge in [-0.25, -0.2) is 0 Å². The standard InChI is InChI=1S/C.4IO4/c;4*2-1(3,4)5/q+4;4*-1. The van der Waals surface area contributed by atoms with Gasteiger partial charge in [0.15, 0.2) is 0 Å². The average Bonchev–Trinajstić information content (AvgIpc) is 1.62. The van der Waals surface area contributed by atoms with Crippen LogP contribution in [-0.2, 0) is 0 Å². The Morgan fingerprint density at radius 3 is 0.238 bits per heavy atom. The average molecular weight is 776 g/mol. The maximum Gasteiger partial charge on any atom is 4.00 e. The van der Waals surface area contributed by atoms with Crippen molar-refractivity contribution in [2.24, 2.45) is 0 Å². The van der Waals surface area contributed by atoms with E-state index in [0.717, 1.165) is 0 Å². The van der Waals surface area contributed by atoms with Crippen molar-refractivity contribution >= 4 is 0 Å². The van der Waals surface area contributed by atoms with Crippen LogP contribution in [0.4, 0.5) is 0 Å². The van der Waals surface area contributed by atoms with Crippen molar-refractivity contribution < 1.29 is 135 Å². The van der Waals surface area contributed by atoms with E-state index in [9.17, 15) is 0 Å². The van der Waals surface area contributed by atoms with Crippen molar-refractivity contribution in [3.8, 4) is 0 Å². The Morgan fingerprint density at radius 2 is 0.238 bits per heavy atom. The summed E-state index contributed by atoms with van der Waals surface area (Å²) in [4.78, 5) is 0. The molecule has 0 aromatic heterocycles. The summed E-state index contributed by atoms with van der Waals surface area (Å²) < 4.78 is 138. The fraction of sp³-hybridized carbons (Fsp3) is 0. The summed E-state index contributed by atoms with van der Waals surface area (Å²) in [5.41, 5.74) is 0. The van der Waals surface area contributed by atoms with E-state index in [1.165, 1.54) is 0 Å². The predicted octanol–water partition coefficient (Wildman–Crippen LogP) is -30.9. The Hall–Kier alpha value is 2.28. The van der Waals surface area contributed by atoms with Gasteiger partial charge in [-0.3, -0.25) is 55.0 Å². The number of hydrogen-bond acceptors (Lipinski definition) is 16. The fourth-order valence-corrected chi connectivity index (χ4v) is 0. The largest absolute Gasteiger partial charge is 4.00 e. The van der Waals surface area contributed by atoms with Crippen LogP contribution in [0.25, 0.3) is 0 Å². The molecule has 0 spiro atoms. The third-order valence-corrected chi connectivity index (χ3v) is 0. The molecule has 0 bridgehead atoms. The molecule has 0 N–H and O–H groups in total. The van der Waals surface area contributed by atoms with Gasteiger partial charge < -0.3 is 0 Å². The second-order valence-corrected chi connectivity index (χ2v) is 10.1. The van der Waals surface area contributed by atoms with E-state index in [0.29, 0.717) is 0 Å². The molecule has 0 aliphatic heterocycles. The first kappa shape index (κ1) is 34.6. The van der Waals surface area contributed by atoms with E-state index in [2.05, 4.69) is 0 Å². The summed E-state index contributed by atoms with van der Waals surface area (Å²) in [5, 5.41) is 0. The zero-order valence-electron chi connectivity index (χ0n) is 8.54. The van der Waals surface area contributed by atoms with E-state index in [4.69, 9.17) is 55.0 Å². The maximum absolute atomic E-state index is 8.62. The van der Waals surface area contributed by atoms with Crippen LogP contribution < -0.4 is 135 Å². The number of hydrogen-bond donors (Lipinski definition) is 0. The zero-order chi connectivity index (χ0) is 18.0. The molecule has 20 heteroatoms. The van der Waals surface area contributed by atoms with Gasteiger partial charge in [0.25, 0.3) is 0 Å². The Morgan fingerprint density at radius 1 is 0.238 bits per heavy atom. The van der Waals surface area contributed by atoms with Crippen molar-refractivity contribution in [1.29, 1.82) is 0 Å². The van der Waals surface area contributed by atoms with Crippen LogP contribution >= 0.6 is 0 Å². The van der Waals surface area contributed by atoms with Crippen LogP contribution in [0.1, 0.15) is 0 Å². The zero-order valence-corrected chi connectivity index (χ0v) is 17.2. The van der Waals surface area contributed by atoms with Crippen molar-refractivity contribution in [1.82, 2.24) is 0 Å². The van der Waals surface area contributed by atoms with Crippen LogP contribution in [0.5, 0.6) is 0 Å². The van der Waals surface area contributed by atoms with E-state index in [-0.39, 0.29) is 7.43 Å². The Balaban J connectivity index is -0.0000000533. The van der Waals surface area contributed by atoms with Crippen molar-refractivity contribution in [2.75, 3.05) is 0 Å². The summed E-state index contributed by atoms with van der Waals surface area (Å²) >= 11 is -23.8. The number of halogens is 4. The third-order valence-electron chi connectivity index (χ3n) is 0. The summed E-state index contributed by atoms with van der Waals surface area (Å²) in [6.45, 7) is 0. The van der Waals surface area contributed by atoms with Gasteiger partial charge in [-0.15, -0.1) is 0 Å². The minimum Gasteiger partial charge on any atom is -0.286 e. The molecule has 16 nitrogen and oxygen atoms in total. The fourth-order valence-electron chi connectivity index (χ4n) is 0. The van der Waals surface area contributed by atoms with Crippen molar-refractivity contribution in [3.63, 3.8) is 0 Å².